The van der Waals surface area contributed by atoms with Crippen molar-refractivity contribution in [1.82, 2.24) is 4.98 Å². The van der Waals surface area contributed by atoms with Crippen molar-refractivity contribution in [1.29, 1.82) is 0 Å². The summed E-state index contributed by atoms with van der Waals surface area (Å²) in [4.78, 5) is 3.97. The van der Waals surface area contributed by atoms with Gasteiger partial charge in [-0.2, -0.15) is 0 Å². The first-order chi connectivity index (χ1) is 8.66. The molecule has 18 heavy (non-hydrogen) atoms. The highest BCUT2D eigenvalue weighted by Crippen LogP contribution is 2.18. The number of thiocarbonyl (C=S) groups is 1. The van der Waals surface area contributed by atoms with E-state index in [-0.39, 0.29) is 0 Å². The van der Waals surface area contributed by atoms with Crippen LogP contribution in [-0.4, -0.2) is 10.1 Å². The highest BCUT2D eigenvalue weighted by Gasteiger charge is 2.04. The second-order valence-corrected chi connectivity index (χ2v) is 4.50. The van der Waals surface area contributed by atoms with E-state index in [4.69, 9.17) is 23.8 Å². The van der Waals surface area contributed by atoms with Gasteiger partial charge in [0.2, 0.25) is 0 Å². The molecule has 2 rings (SSSR count). The van der Waals surface area contributed by atoms with Crippen LogP contribution in [0.15, 0.2) is 42.6 Å². The molecule has 2 N–H and O–H groups in total. The van der Waals surface area contributed by atoms with Gasteiger partial charge in [0.15, 0.2) is 10.3 Å². The Kier molecular flexibility index (Phi) is 4.12. The molecule has 1 heterocycles. The van der Waals surface area contributed by atoms with Gasteiger partial charge in [0.1, 0.15) is 0 Å². The van der Waals surface area contributed by atoms with Crippen molar-refractivity contribution >= 4 is 40.3 Å². The SMILES string of the molecule is Cc1ccccc1NC(=S)Nc1cccnc1Cl. The summed E-state index contributed by atoms with van der Waals surface area (Å²) in [6.45, 7) is 2.02. The van der Waals surface area contributed by atoms with E-state index in [9.17, 15) is 0 Å². The van der Waals surface area contributed by atoms with Gasteiger partial charge in [0.25, 0.3) is 0 Å². The predicted molar refractivity (Wildman–Crippen MR) is 80.3 cm³/mol. The number of hydrogen-bond acceptors (Lipinski definition) is 2. The van der Waals surface area contributed by atoms with Crippen molar-refractivity contribution in [2.75, 3.05) is 10.6 Å². The number of para-hydroxylation sites is 1. The zero-order valence-electron chi connectivity index (χ0n) is 9.77. The maximum absolute atomic E-state index is 5.94. The lowest BCUT2D eigenvalue weighted by atomic mass is 10.2. The van der Waals surface area contributed by atoms with Crippen LogP contribution in [0.25, 0.3) is 0 Å². The van der Waals surface area contributed by atoms with Crippen molar-refractivity contribution in [3.05, 3.63) is 53.3 Å². The fraction of sp³-hybridized carbons (Fsp3) is 0.0769. The second kappa shape index (κ2) is 5.80. The molecule has 0 aliphatic heterocycles. The molecule has 1 aromatic heterocycles. The Labute approximate surface area is 116 Å². The topological polar surface area (TPSA) is 37.0 Å². The van der Waals surface area contributed by atoms with Crippen molar-refractivity contribution < 1.29 is 0 Å². The number of nitrogens with zero attached hydrogens (tertiary/aromatic N) is 1. The van der Waals surface area contributed by atoms with Crippen LogP contribution >= 0.6 is 23.8 Å². The molecule has 0 aliphatic rings. The molecule has 5 heteroatoms. The van der Waals surface area contributed by atoms with E-state index in [1.54, 1.807) is 12.3 Å². The Hall–Kier alpha value is -1.65. The molecule has 0 saturated carbocycles. The van der Waals surface area contributed by atoms with Crippen LogP contribution in [-0.2, 0) is 0 Å². The third kappa shape index (κ3) is 3.18. The van der Waals surface area contributed by atoms with E-state index < -0.39 is 0 Å². The van der Waals surface area contributed by atoms with Crippen LogP contribution in [0.1, 0.15) is 5.56 Å². The van der Waals surface area contributed by atoms with Gasteiger partial charge in [-0.25, -0.2) is 4.98 Å². The van der Waals surface area contributed by atoms with Gasteiger partial charge < -0.3 is 10.6 Å². The smallest absolute Gasteiger partial charge is 0.175 e. The number of aryl methyl sites for hydroxylation is 1. The molecule has 3 nitrogen and oxygen atoms in total. The van der Waals surface area contributed by atoms with E-state index in [1.165, 1.54) is 0 Å². The van der Waals surface area contributed by atoms with Gasteiger partial charge in [-0.3, -0.25) is 0 Å². The minimum Gasteiger partial charge on any atom is -0.332 e. The van der Waals surface area contributed by atoms with Crippen LogP contribution in [0.5, 0.6) is 0 Å². The number of nitrogens with one attached hydrogen (secondary N) is 2. The third-order valence-corrected chi connectivity index (χ3v) is 2.91. The highest BCUT2D eigenvalue weighted by molar-refractivity contribution is 7.80. The number of aromatic nitrogens is 1. The Morgan fingerprint density at radius 3 is 2.50 bits per heavy atom. The van der Waals surface area contributed by atoms with E-state index >= 15 is 0 Å². The lowest BCUT2D eigenvalue weighted by Crippen LogP contribution is -2.19. The number of rotatable bonds is 2. The largest absolute Gasteiger partial charge is 0.332 e. The molecule has 0 saturated heterocycles. The van der Waals surface area contributed by atoms with E-state index in [0.717, 1.165) is 11.3 Å². The normalized spacial score (nSPS) is 9.89. The van der Waals surface area contributed by atoms with Crippen LogP contribution in [0, 0.1) is 6.92 Å². The molecule has 1 aromatic carbocycles. The number of hydrogen-bond donors (Lipinski definition) is 2. The van der Waals surface area contributed by atoms with Crippen molar-refractivity contribution in [3.8, 4) is 0 Å². The first-order valence-electron chi connectivity index (χ1n) is 5.41. The molecular weight excluding hydrogens is 266 g/mol. The summed E-state index contributed by atoms with van der Waals surface area (Å²) >= 11 is 11.2. The molecule has 0 radical (unpaired) electrons. The summed E-state index contributed by atoms with van der Waals surface area (Å²) in [6.07, 6.45) is 1.63. The zero-order chi connectivity index (χ0) is 13.0. The second-order valence-electron chi connectivity index (χ2n) is 3.74. The third-order valence-electron chi connectivity index (χ3n) is 2.40. The molecule has 0 aliphatic carbocycles. The first kappa shape index (κ1) is 12.8. The Balaban J connectivity index is 2.06. The molecule has 92 valence electrons. The van der Waals surface area contributed by atoms with E-state index in [0.29, 0.717) is 16.0 Å². The molecule has 0 bridgehead atoms. The molecular formula is C13H12ClN3S. The van der Waals surface area contributed by atoms with Crippen LogP contribution < -0.4 is 10.6 Å². The Morgan fingerprint density at radius 2 is 1.78 bits per heavy atom. The Morgan fingerprint density at radius 1 is 1.11 bits per heavy atom. The predicted octanol–water partition coefficient (Wildman–Crippen LogP) is 3.85. The summed E-state index contributed by atoms with van der Waals surface area (Å²) < 4.78 is 0. The number of pyridine rings is 1. The summed E-state index contributed by atoms with van der Waals surface area (Å²) in [7, 11) is 0. The highest BCUT2D eigenvalue weighted by atomic mass is 35.5. The van der Waals surface area contributed by atoms with Crippen molar-refractivity contribution in [3.63, 3.8) is 0 Å². The molecule has 0 unspecified atom stereocenters. The van der Waals surface area contributed by atoms with Gasteiger partial charge >= 0.3 is 0 Å². The molecule has 0 fully saturated rings. The van der Waals surface area contributed by atoms with Gasteiger partial charge in [-0.05, 0) is 42.9 Å². The summed E-state index contributed by atoms with van der Waals surface area (Å²) in [5.41, 5.74) is 2.78. The maximum Gasteiger partial charge on any atom is 0.175 e. The summed E-state index contributed by atoms with van der Waals surface area (Å²) in [5, 5.41) is 7.01. The molecule has 2 aromatic rings. The van der Waals surface area contributed by atoms with Gasteiger partial charge in [-0.1, -0.05) is 29.8 Å². The number of benzene rings is 1. The quantitative estimate of drug-likeness (QED) is 0.646. The van der Waals surface area contributed by atoms with Crippen molar-refractivity contribution in [2.45, 2.75) is 6.92 Å². The minimum atomic E-state index is 0.395. The minimum absolute atomic E-state index is 0.395. The zero-order valence-corrected chi connectivity index (χ0v) is 11.3. The standard InChI is InChI=1S/C13H12ClN3S/c1-9-5-2-3-6-10(9)16-13(18)17-11-7-4-8-15-12(11)14/h2-8H,1H3,(H2,16,17,18). The molecule has 0 spiro atoms. The lowest BCUT2D eigenvalue weighted by molar-refractivity contribution is 1.33. The van der Waals surface area contributed by atoms with Gasteiger partial charge in [0, 0.05) is 11.9 Å². The molecule has 0 atom stereocenters. The average molecular weight is 278 g/mol. The Bertz CT molecular complexity index is 522. The number of anilines is 2. The average Bonchev–Trinajstić information content (AvgIpc) is 2.35. The van der Waals surface area contributed by atoms with E-state index in [1.807, 2.05) is 37.3 Å². The van der Waals surface area contributed by atoms with Crippen LogP contribution in [0.3, 0.4) is 0 Å². The fourth-order valence-electron chi connectivity index (χ4n) is 1.47. The summed E-state index contributed by atoms with van der Waals surface area (Å²) in [6, 6.07) is 11.5. The van der Waals surface area contributed by atoms with Crippen molar-refractivity contribution in [2.24, 2.45) is 0 Å². The van der Waals surface area contributed by atoms with E-state index in [2.05, 4.69) is 15.6 Å². The van der Waals surface area contributed by atoms with Gasteiger partial charge in [0.05, 0.1) is 5.69 Å². The van der Waals surface area contributed by atoms with Gasteiger partial charge in [-0.15, -0.1) is 0 Å². The summed E-state index contributed by atoms with van der Waals surface area (Å²) in [5.74, 6) is 0. The number of halogens is 1. The lowest BCUT2D eigenvalue weighted by Gasteiger charge is -2.12. The van der Waals surface area contributed by atoms with Crippen LogP contribution in [0.2, 0.25) is 5.15 Å². The molecule has 0 amide bonds. The van der Waals surface area contributed by atoms with Crippen LogP contribution in [0.4, 0.5) is 11.4 Å². The maximum atomic E-state index is 5.94. The first-order valence-corrected chi connectivity index (χ1v) is 6.19. The monoisotopic (exact) mass is 277 g/mol. The fourth-order valence-corrected chi connectivity index (χ4v) is 1.85.